The number of para-hydroxylation sites is 1. The van der Waals surface area contributed by atoms with Crippen LogP contribution in [0.3, 0.4) is 0 Å². The molecule has 112 valence electrons. The Morgan fingerprint density at radius 3 is 2.70 bits per heavy atom. The number of likely N-dealkylation sites (tertiary alicyclic amines) is 1. The van der Waals surface area contributed by atoms with Gasteiger partial charge >= 0.3 is 0 Å². The number of ether oxygens (including phenoxy) is 1. The van der Waals surface area contributed by atoms with E-state index < -0.39 is 0 Å². The third-order valence-corrected chi connectivity index (χ3v) is 3.28. The van der Waals surface area contributed by atoms with Crippen molar-refractivity contribution in [3.8, 4) is 5.75 Å². The number of piperidine rings is 1. The fourth-order valence-corrected chi connectivity index (χ4v) is 2.17. The highest BCUT2D eigenvalue weighted by Crippen LogP contribution is 2.16. The Hall–Kier alpha value is -1.21. The molecule has 0 bridgehead atoms. The van der Waals surface area contributed by atoms with Crippen LogP contribution in [0.5, 0.6) is 5.75 Å². The molecule has 1 fully saturated rings. The van der Waals surface area contributed by atoms with Crippen LogP contribution < -0.4 is 4.74 Å². The molecule has 1 saturated heterocycles. The van der Waals surface area contributed by atoms with Crippen LogP contribution in [0.15, 0.2) is 24.3 Å². The quantitative estimate of drug-likeness (QED) is 0.567. The Balaban J connectivity index is 1.63. The summed E-state index contributed by atoms with van der Waals surface area (Å²) in [5, 5.41) is 4.48. The zero-order valence-electron chi connectivity index (χ0n) is 11.6. The molecule has 2 rings (SSSR count). The molecule has 1 heterocycles. The van der Waals surface area contributed by atoms with E-state index in [9.17, 15) is 4.39 Å². The van der Waals surface area contributed by atoms with E-state index in [1.54, 1.807) is 18.2 Å². The van der Waals surface area contributed by atoms with Crippen molar-refractivity contribution >= 4 is 0 Å². The molecule has 1 aliphatic heterocycles. The van der Waals surface area contributed by atoms with E-state index in [1.807, 2.05) is 0 Å². The molecule has 0 N–H and O–H groups in total. The molecule has 20 heavy (non-hydrogen) atoms. The summed E-state index contributed by atoms with van der Waals surface area (Å²) in [4.78, 5) is 11.7. The van der Waals surface area contributed by atoms with Crippen molar-refractivity contribution in [2.45, 2.75) is 18.9 Å². The van der Waals surface area contributed by atoms with Crippen LogP contribution in [0.4, 0.5) is 4.39 Å². The van der Waals surface area contributed by atoms with E-state index in [2.05, 4.69) is 14.8 Å². The van der Waals surface area contributed by atoms with Crippen molar-refractivity contribution < 1.29 is 23.9 Å². The van der Waals surface area contributed by atoms with Crippen LogP contribution in [0.1, 0.15) is 12.8 Å². The van der Waals surface area contributed by atoms with Crippen LogP contribution >= 0.6 is 0 Å². The van der Waals surface area contributed by atoms with Crippen LogP contribution in [0.2, 0.25) is 0 Å². The molecule has 0 aliphatic carbocycles. The molecular formula is C14H20FNO4. The lowest BCUT2D eigenvalue weighted by Gasteiger charge is -2.30. The van der Waals surface area contributed by atoms with Gasteiger partial charge in [0.1, 0.15) is 6.61 Å². The molecule has 5 nitrogen and oxygen atoms in total. The molecule has 0 radical (unpaired) electrons. The third-order valence-electron chi connectivity index (χ3n) is 3.28. The van der Waals surface area contributed by atoms with Crippen LogP contribution in [0, 0.1) is 5.82 Å². The summed E-state index contributed by atoms with van der Waals surface area (Å²) in [7, 11) is 1.41. The molecule has 1 aliphatic rings. The highest BCUT2D eigenvalue weighted by Gasteiger charge is 2.20. The standard InChI is InChI=1S/C14H20FNO4/c1-17-20-19-12-6-8-16(9-7-12)10-11-18-14-5-3-2-4-13(14)15/h2-5,12H,6-11H2,1H3. The van der Waals surface area contributed by atoms with Crippen LogP contribution in [0.25, 0.3) is 0 Å². The summed E-state index contributed by atoms with van der Waals surface area (Å²) < 4.78 is 18.8. The van der Waals surface area contributed by atoms with Gasteiger partial charge in [-0.15, -0.1) is 0 Å². The molecular weight excluding hydrogens is 265 g/mol. The van der Waals surface area contributed by atoms with Crippen LogP contribution in [-0.2, 0) is 14.8 Å². The van der Waals surface area contributed by atoms with Crippen molar-refractivity contribution in [3.63, 3.8) is 0 Å². The molecule has 0 saturated carbocycles. The predicted octanol–water partition coefficient (Wildman–Crippen LogP) is 2.18. The van der Waals surface area contributed by atoms with Crippen molar-refractivity contribution in [2.75, 3.05) is 33.4 Å². The van der Waals surface area contributed by atoms with E-state index in [1.165, 1.54) is 13.2 Å². The summed E-state index contributed by atoms with van der Waals surface area (Å²) in [5.41, 5.74) is 0. The van der Waals surface area contributed by atoms with Gasteiger partial charge in [0.2, 0.25) is 0 Å². The molecule has 0 spiro atoms. The number of benzene rings is 1. The lowest BCUT2D eigenvalue weighted by molar-refractivity contribution is -0.518. The first kappa shape index (κ1) is 15.2. The van der Waals surface area contributed by atoms with E-state index >= 15 is 0 Å². The van der Waals surface area contributed by atoms with Crippen LogP contribution in [-0.4, -0.2) is 44.4 Å². The van der Waals surface area contributed by atoms with Gasteiger partial charge in [0.15, 0.2) is 11.6 Å². The summed E-state index contributed by atoms with van der Waals surface area (Å²) in [6.45, 7) is 3.05. The highest BCUT2D eigenvalue weighted by molar-refractivity contribution is 5.23. The predicted molar refractivity (Wildman–Crippen MR) is 70.5 cm³/mol. The smallest absolute Gasteiger partial charge is 0.165 e. The van der Waals surface area contributed by atoms with Gasteiger partial charge in [-0.1, -0.05) is 17.2 Å². The molecule has 1 aromatic carbocycles. The van der Waals surface area contributed by atoms with Gasteiger partial charge in [-0.3, -0.25) is 4.90 Å². The Morgan fingerprint density at radius 2 is 2.00 bits per heavy atom. The summed E-state index contributed by atoms with van der Waals surface area (Å²) in [6, 6.07) is 6.44. The molecule has 6 heteroatoms. The molecule has 1 aromatic rings. The van der Waals surface area contributed by atoms with E-state index in [0.717, 1.165) is 32.5 Å². The second-order valence-corrected chi connectivity index (χ2v) is 4.65. The average Bonchev–Trinajstić information content (AvgIpc) is 2.48. The second kappa shape index (κ2) is 8.16. The van der Waals surface area contributed by atoms with Crippen molar-refractivity contribution in [1.29, 1.82) is 0 Å². The first-order valence-corrected chi connectivity index (χ1v) is 6.75. The number of halogens is 1. The zero-order chi connectivity index (χ0) is 14.2. The Labute approximate surface area is 118 Å². The minimum Gasteiger partial charge on any atom is -0.489 e. The van der Waals surface area contributed by atoms with E-state index in [-0.39, 0.29) is 11.9 Å². The maximum atomic E-state index is 13.3. The van der Waals surface area contributed by atoms with Gasteiger partial charge in [-0.05, 0) is 25.0 Å². The lowest BCUT2D eigenvalue weighted by Crippen LogP contribution is -2.39. The average molecular weight is 285 g/mol. The molecule has 0 amide bonds. The van der Waals surface area contributed by atoms with Crippen molar-refractivity contribution in [2.24, 2.45) is 0 Å². The van der Waals surface area contributed by atoms with Crippen molar-refractivity contribution in [3.05, 3.63) is 30.1 Å². The summed E-state index contributed by atoms with van der Waals surface area (Å²) in [5.74, 6) is -0.0180. The molecule has 0 aromatic heterocycles. The SMILES string of the molecule is COOOC1CCN(CCOc2ccccc2F)CC1. The minimum atomic E-state index is -0.323. The Kier molecular flexibility index (Phi) is 6.20. The number of hydrogen-bond donors (Lipinski definition) is 0. The number of nitrogens with zero attached hydrogens (tertiary/aromatic N) is 1. The van der Waals surface area contributed by atoms with E-state index in [0.29, 0.717) is 12.4 Å². The Bertz CT molecular complexity index is 397. The Morgan fingerprint density at radius 1 is 1.25 bits per heavy atom. The first-order chi connectivity index (χ1) is 9.79. The summed E-state index contributed by atoms with van der Waals surface area (Å²) >= 11 is 0. The number of rotatable bonds is 7. The third kappa shape index (κ3) is 4.72. The van der Waals surface area contributed by atoms with Gasteiger partial charge < -0.3 is 4.74 Å². The normalized spacial score (nSPS) is 17.3. The maximum Gasteiger partial charge on any atom is 0.165 e. The first-order valence-electron chi connectivity index (χ1n) is 6.75. The number of hydrogen-bond acceptors (Lipinski definition) is 5. The van der Waals surface area contributed by atoms with Gasteiger partial charge in [-0.2, -0.15) is 0 Å². The monoisotopic (exact) mass is 285 g/mol. The fourth-order valence-electron chi connectivity index (χ4n) is 2.17. The second-order valence-electron chi connectivity index (χ2n) is 4.65. The maximum absolute atomic E-state index is 13.3. The minimum absolute atomic E-state index is 0.0682. The highest BCUT2D eigenvalue weighted by atomic mass is 19.1. The van der Waals surface area contributed by atoms with Gasteiger partial charge in [0, 0.05) is 19.6 Å². The molecule has 0 atom stereocenters. The summed E-state index contributed by atoms with van der Waals surface area (Å²) in [6.07, 6.45) is 1.82. The lowest BCUT2D eigenvalue weighted by atomic mass is 10.1. The van der Waals surface area contributed by atoms with Gasteiger partial charge in [-0.25, -0.2) is 14.2 Å². The fraction of sp³-hybridized carbons (Fsp3) is 0.571. The van der Waals surface area contributed by atoms with E-state index in [4.69, 9.17) is 9.62 Å². The van der Waals surface area contributed by atoms with Gasteiger partial charge in [0.05, 0.1) is 13.2 Å². The topological polar surface area (TPSA) is 40.2 Å². The van der Waals surface area contributed by atoms with Crippen molar-refractivity contribution in [1.82, 2.24) is 4.90 Å². The zero-order valence-corrected chi connectivity index (χ0v) is 11.6. The van der Waals surface area contributed by atoms with Gasteiger partial charge in [0.25, 0.3) is 0 Å². The largest absolute Gasteiger partial charge is 0.489 e. The molecule has 0 unspecified atom stereocenters.